The lowest BCUT2D eigenvalue weighted by Crippen LogP contribution is -2.13. The highest BCUT2D eigenvalue weighted by molar-refractivity contribution is 5.40. The summed E-state index contributed by atoms with van der Waals surface area (Å²) < 4.78 is 7.45. The Balaban J connectivity index is 1.59. The van der Waals surface area contributed by atoms with Crippen molar-refractivity contribution in [2.75, 3.05) is 18.5 Å². The smallest absolute Gasteiger partial charge is 0.159 e. The van der Waals surface area contributed by atoms with Crippen LogP contribution in [0.15, 0.2) is 48.8 Å². The fraction of sp³-hybridized carbons (Fsp3) is 0.235. The van der Waals surface area contributed by atoms with Crippen molar-refractivity contribution in [3.05, 3.63) is 60.2 Å². The molecule has 118 valence electrons. The van der Waals surface area contributed by atoms with Crippen molar-refractivity contribution in [1.82, 2.24) is 19.7 Å². The molecule has 0 bridgehead atoms. The van der Waals surface area contributed by atoms with Crippen LogP contribution in [0.2, 0.25) is 0 Å². The average Bonchev–Trinajstić information content (AvgIpc) is 2.91. The Hall–Kier alpha value is -2.89. The molecule has 6 nitrogen and oxygen atoms in total. The third kappa shape index (κ3) is 3.85. The van der Waals surface area contributed by atoms with Crippen molar-refractivity contribution in [2.24, 2.45) is 0 Å². The molecule has 0 fully saturated rings. The Kier molecular flexibility index (Phi) is 4.52. The van der Waals surface area contributed by atoms with Gasteiger partial charge < -0.3 is 10.1 Å². The van der Waals surface area contributed by atoms with Gasteiger partial charge in [0.25, 0.3) is 0 Å². The molecule has 3 aromatic rings. The van der Waals surface area contributed by atoms with Gasteiger partial charge >= 0.3 is 0 Å². The Morgan fingerprint density at radius 3 is 2.65 bits per heavy atom. The number of nitrogens with one attached hydrogen (secondary N) is 1. The summed E-state index contributed by atoms with van der Waals surface area (Å²) >= 11 is 0. The zero-order valence-electron chi connectivity index (χ0n) is 13.2. The molecule has 0 aliphatic rings. The highest BCUT2D eigenvalue weighted by Crippen LogP contribution is 2.12. The zero-order valence-corrected chi connectivity index (χ0v) is 13.2. The summed E-state index contributed by atoms with van der Waals surface area (Å²) in [6, 6.07) is 13.6. The van der Waals surface area contributed by atoms with E-state index in [4.69, 9.17) is 4.74 Å². The van der Waals surface area contributed by atoms with Gasteiger partial charge in [-0.15, -0.1) is 0 Å². The van der Waals surface area contributed by atoms with Gasteiger partial charge in [0.15, 0.2) is 5.82 Å². The van der Waals surface area contributed by atoms with E-state index in [1.54, 1.807) is 0 Å². The number of benzene rings is 1. The summed E-state index contributed by atoms with van der Waals surface area (Å²) in [6.45, 7) is 5.18. The number of anilines is 1. The SMILES string of the molecule is Cc1cc(C)n(-c2cc(NCCOc3ccccc3)ncn2)n1. The van der Waals surface area contributed by atoms with E-state index in [9.17, 15) is 0 Å². The highest BCUT2D eigenvalue weighted by Gasteiger charge is 2.06. The molecule has 0 spiro atoms. The number of ether oxygens (including phenoxy) is 1. The quantitative estimate of drug-likeness (QED) is 0.709. The number of para-hydroxylation sites is 1. The molecule has 1 N–H and O–H groups in total. The minimum atomic E-state index is 0.559. The summed E-state index contributed by atoms with van der Waals surface area (Å²) in [4.78, 5) is 8.50. The molecule has 2 aromatic heterocycles. The van der Waals surface area contributed by atoms with Crippen LogP contribution in [0.25, 0.3) is 5.82 Å². The number of rotatable bonds is 6. The summed E-state index contributed by atoms with van der Waals surface area (Å²) in [6.07, 6.45) is 1.53. The third-order valence-corrected chi connectivity index (χ3v) is 3.30. The van der Waals surface area contributed by atoms with E-state index in [-0.39, 0.29) is 0 Å². The largest absolute Gasteiger partial charge is 0.492 e. The number of aryl methyl sites for hydroxylation is 2. The van der Waals surface area contributed by atoms with Crippen molar-refractivity contribution >= 4 is 5.82 Å². The van der Waals surface area contributed by atoms with E-state index in [2.05, 4.69) is 20.4 Å². The first kappa shape index (κ1) is 15.0. The topological polar surface area (TPSA) is 64.9 Å². The maximum Gasteiger partial charge on any atom is 0.159 e. The first-order chi connectivity index (χ1) is 11.2. The lowest BCUT2D eigenvalue weighted by molar-refractivity contribution is 0.333. The molecular formula is C17H19N5O. The van der Waals surface area contributed by atoms with E-state index in [0.717, 1.165) is 28.8 Å². The van der Waals surface area contributed by atoms with Gasteiger partial charge in [-0.3, -0.25) is 0 Å². The van der Waals surface area contributed by atoms with E-state index in [1.165, 1.54) is 6.33 Å². The molecule has 0 saturated heterocycles. The summed E-state index contributed by atoms with van der Waals surface area (Å²) in [7, 11) is 0. The van der Waals surface area contributed by atoms with Gasteiger partial charge in [0.05, 0.1) is 12.2 Å². The second-order valence-electron chi connectivity index (χ2n) is 5.19. The van der Waals surface area contributed by atoms with Gasteiger partial charge in [-0.05, 0) is 32.0 Å². The first-order valence-corrected chi connectivity index (χ1v) is 7.50. The molecule has 0 radical (unpaired) electrons. The summed E-state index contributed by atoms with van der Waals surface area (Å²) in [5.74, 6) is 2.36. The van der Waals surface area contributed by atoms with Crippen LogP contribution in [0.3, 0.4) is 0 Å². The molecule has 6 heteroatoms. The molecule has 0 saturated carbocycles. The maximum absolute atomic E-state index is 5.64. The molecule has 0 amide bonds. The van der Waals surface area contributed by atoms with E-state index >= 15 is 0 Å². The normalized spacial score (nSPS) is 10.5. The lowest BCUT2D eigenvalue weighted by Gasteiger charge is -2.09. The molecule has 23 heavy (non-hydrogen) atoms. The predicted octanol–water partition coefficient (Wildman–Crippen LogP) is 2.77. The van der Waals surface area contributed by atoms with Crippen LogP contribution >= 0.6 is 0 Å². The van der Waals surface area contributed by atoms with E-state index < -0.39 is 0 Å². The molecule has 0 aliphatic carbocycles. The third-order valence-electron chi connectivity index (χ3n) is 3.30. The van der Waals surface area contributed by atoms with Crippen molar-refractivity contribution in [2.45, 2.75) is 13.8 Å². The molecule has 0 aliphatic heterocycles. The van der Waals surface area contributed by atoms with Gasteiger partial charge in [0.1, 0.15) is 24.5 Å². The van der Waals surface area contributed by atoms with Crippen LogP contribution in [-0.4, -0.2) is 32.9 Å². The van der Waals surface area contributed by atoms with Crippen LogP contribution in [0.4, 0.5) is 5.82 Å². The lowest BCUT2D eigenvalue weighted by atomic mass is 10.3. The Labute approximate surface area is 135 Å². The minimum Gasteiger partial charge on any atom is -0.492 e. The number of aromatic nitrogens is 4. The fourth-order valence-electron chi connectivity index (χ4n) is 2.29. The molecular weight excluding hydrogens is 290 g/mol. The van der Waals surface area contributed by atoms with Crippen LogP contribution in [0.5, 0.6) is 5.75 Å². The number of hydrogen-bond donors (Lipinski definition) is 1. The van der Waals surface area contributed by atoms with Crippen molar-refractivity contribution < 1.29 is 4.74 Å². The predicted molar refractivity (Wildman–Crippen MR) is 89.1 cm³/mol. The second kappa shape index (κ2) is 6.91. The Bertz CT molecular complexity index is 770. The second-order valence-corrected chi connectivity index (χ2v) is 5.19. The molecule has 3 rings (SSSR count). The van der Waals surface area contributed by atoms with Crippen molar-refractivity contribution in [3.8, 4) is 11.6 Å². The standard InChI is InChI=1S/C17H19N5O/c1-13-10-14(2)22(21-13)17-11-16(19-12-20-17)18-8-9-23-15-6-4-3-5-7-15/h3-7,10-12H,8-9H2,1-2H3,(H,18,19,20). The minimum absolute atomic E-state index is 0.559. The number of nitrogens with zero attached hydrogens (tertiary/aromatic N) is 4. The highest BCUT2D eigenvalue weighted by atomic mass is 16.5. The molecule has 1 aromatic carbocycles. The summed E-state index contributed by atoms with van der Waals surface area (Å²) in [5.41, 5.74) is 2.01. The average molecular weight is 309 g/mol. The van der Waals surface area contributed by atoms with Crippen LogP contribution in [0, 0.1) is 13.8 Å². The van der Waals surface area contributed by atoms with Crippen molar-refractivity contribution in [3.63, 3.8) is 0 Å². The van der Waals surface area contributed by atoms with Gasteiger partial charge in [-0.25, -0.2) is 14.6 Å². The van der Waals surface area contributed by atoms with Gasteiger partial charge in [-0.1, -0.05) is 18.2 Å². The van der Waals surface area contributed by atoms with E-state index in [0.29, 0.717) is 13.2 Å². The van der Waals surface area contributed by atoms with Crippen LogP contribution < -0.4 is 10.1 Å². The van der Waals surface area contributed by atoms with Crippen LogP contribution in [0.1, 0.15) is 11.4 Å². The van der Waals surface area contributed by atoms with Crippen molar-refractivity contribution in [1.29, 1.82) is 0 Å². The zero-order chi connectivity index (χ0) is 16.1. The van der Waals surface area contributed by atoms with Gasteiger partial charge in [0.2, 0.25) is 0 Å². The molecule has 2 heterocycles. The Morgan fingerprint density at radius 2 is 1.91 bits per heavy atom. The van der Waals surface area contributed by atoms with Crippen LogP contribution in [-0.2, 0) is 0 Å². The fourth-order valence-corrected chi connectivity index (χ4v) is 2.29. The molecule has 0 atom stereocenters. The van der Waals surface area contributed by atoms with Gasteiger partial charge in [-0.2, -0.15) is 5.10 Å². The maximum atomic E-state index is 5.64. The Morgan fingerprint density at radius 1 is 1.09 bits per heavy atom. The summed E-state index contributed by atoms with van der Waals surface area (Å²) in [5, 5.41) is 7.67. The first-order valence-electron chi connectivity index (χ1n) is 7.50. The van der Waals surface area contributed by atoms with E-state index in [1.807, 2.05) is 61.0 Å². The van der Waals surface area contributed by atoms with Gasteiger partial charge in [0, 0.05) is 11.8 Å². The molecule has 0 unspecified atom stereocenters. The number of hydrogen-bond acceptors (Lipinski definition) is 5. The monoisotopic (exact) mass is 309 g/mol.